The van der Waals surface area contributed by atoms with Crippen molar-refractivity contribution in [2.45, 2.75) is 43.3 Å². The molecule has 0 aromatic heterocycles. The third-order valence-electron chi connectivity index (χ3n) is 8.79. The van der Waals surface area contributed by atoms with Crippen LogP contribution in [-0.2, 0) is 22.6 Å². The minimum atomic E-state index is -0.862. The third-order valence-corrected chi connectivity index (χ3v) is 8.79. The Morgan fingerprint density at radius 1 is 0.683 bits per heavy atom. The molecule has 6 rings (SSSR count). The van der Waals surface area contributed by atoms with Crippen LogP contribution in [0.4, 0.5) is 0 Å². The molecule has 5 nitrogen and oxygen atoms in total. The van der Waals surface area contributed by atoms with Crippen LogP contribution >= 0.6 is 0 Å². The van der Waals surface area contributed by atoms with E-state index >= 15 is 0 Å². The Hall–Kier alpha value is -4.22. The Bertz CT molecular complexity index is 1400. The van der Waals surface area contributed by atoms with Gasteiger partial charge in [-0.3, -0.25) is 14.5 Å². The van der Waals surface area contributed by atoms with Crippen molar-refractivity contribution < 1.29 is 9.59 Å². The van der Waals surface area contributed by atoms with E-state index in [2.05, 4.69) is 58.7 Å². The summed E-state index contributed by atoms with van der Waals surface area (Å²) in [5.74, 6) is -0.0389. The minimum absolute atomic E-state index is 0.0156. The number of piperidine rings is 1. The fourth-order valence-corrected chi connectivity index (χ4v) is 6.50. The van der Waals surface area contributed by atoms with Crippen molar-refractivity contribution in [3.8, 4) is 0 Å². The van der Waals surface area contributed by atoms with E-state index in [1.165, 1.54) is 5.56 Å². The zero-order valence-electron chi connectivity index (χ0n) is 23.4. The number of carbonyl (C=O) groups is 2. The van der Waals surface area contributed by atoms with Crippen molar-refractivity contribution in [2.75, 3.05) is 19.6 Å². The molecule has 2 aliphatic rings. The molecule has 0 aliphatic carbocycles. The highest BCUT2D eigenvalue weighted by Gasteiger charge is 2.54. The molecule has 2 fully saturated rings. The largest absolute Gasteiger partial charge is 0.342 e. The monoisotopic (exact) mass is 543 g/mol. The van der Waals surface area contributed by atoms with Gasteiger partial charge in [0.15, 0.2) is 0 Å². The van der Waals surface area contributed by atoms with Crippen LogP contribution in [0, 0.1) is 0 Å². The van der Waals surface area contributed by atoms with Gasteiger partial charge in [-0.25, -0.2) is 0 Å². The van der Waals surface area contributed by atoms with E-state index in [1.807, 2.05) is 77.7 Å². The Kier molecular flexibility index (Phi) is 7.97. The van der Waals surface area contributed by atoms with E-state index in [4.69, 9.17) is 0 Å². The number of nitrogens with one attached hydrogen (secondary N) is 1. The van der Waals surface area contributed by atoms with Gasteiger partial charge in [0.05, 0.1) is 0 Å². The molecule has 5 heteroatoms. The highest BCUT2D eigenvalue weighted by molar-refractivity contribution is 6.00. The van der Waals surface area contributed by atoms with Gasteiger partial charge in [-0.1, -0.05) is 121 Å². The molecule has 0 saturated carbocycles. The molecule has 2 heterocycles. The molecule has 4 aromatic rings. The van der Waals surface area contributed by atoms with Crippen molar-refractivity contribution in [1.82, 2.24) is 15.1 Å². The standard InChI is InChI=1S/C36H37N3O2/c40-34-33(25-28-13-5-1-6-14-28)37-35(41)36(21-23-38(24-22-36)26-29-15-7-2-8-16-29)39(34)27-32(30-17-9-3-10-18-30)31-19-11-4-12-20-31/h1-20,32-33H,21-27H2,(H,37,41). The maximum atomic E-state index is 14.4. The molecule has 1 spiro atoms. The first kappa shape index (κ1) is 27.0. The van der Waals surface area contributed by atoms with E-state index in [9.17, 15) is 9.59 Å². The van der Waals surface area contributed by atoms with Crippen LogP contribution in [0.15, 0.2) is 121 Å². The van der Waals surface area contributed by atoms with E-state index in [-0.39, 0.29) is 17.7 Å². The molecule has 2 aliphatic heterocycles. The van der Waals surface area contributed by atoms with Crippen LogP contribution in [0.25, 0.3) is 0 Å². The summed E-state index contributed by atoms with van der Waals surface area (Å²) < 4.78 is 0. The summed E-state index contributed by atoms with van der Waals surface area (Å²) in [6.07, 6.45) is 1.72. The lowest BCUT2D eigenvalue weighted by molar-refractivity contribution is -0.161. The molecule has 41 heavy (non-hydrogen) atoms. The predicted octanol–water partition coefficient (Wildman–Crippen LogP) is 5.42. The number of benzene rings is 4. The Labute approximate surface area is 242 Å². The first-order chi connectivity index (χ1) is 20.1. The van der Waals surface area contributed by atoms with Crippen molar-refractivity contribution >= 4 is 11.8 Å². The van der Waals surface area contributed by atoms with Gasteiger partial charge >= 0.3 is 0 Å². The molecule has 208 valence electrons. The molecule has 2 amide bonds. The van der Waals surface area contributed by atoms with E-state index < -0.39 is 11.6 Å². The number of amides is 2. The second kappa shape index (κ2) is 12.1. The highest BCUT2D eigenvalue weighted by Crippen LogP contribution is 2.37. The van der Waals surface area contributed by atoms with Gasteiger partial charge in [0.1, 0.15) is 11.6 Å². The number of carbonyl (C=O) groups excluding carboxylic acids is 2. The van der Waals surface area contributed by atoms with Gasteiger partial charge in [0.2, 0.25) is 11.8 Å². The fraction of sp³-hybridized carbons (Fsp3) is 0.278. The smallest absolute Gasteiger partial charge is 0.246 e. The average molecular weight is 544 g/mol. The van der Waals surface area contributed by atoms with Gasteiger partial charge in [-0.15, -0.1) is 0 Å². The molecular formula is C36H37N3O2. The topological polar surface area (TPSA) is 52.7 Å². The van der Waals surface area contributed by atoms with Crippen LogP contribution < -0.4 is 5.32 Å². The number of likely N-dealkylation sites (tertiary alicyclic amines) is 1. The first-order valence-electron chi connectivity index (χ1n) is 14.6. The number of nitrogens with zero attached hydrogens (tertiary/aromatic N) is 2. The molecule has 0 radical (unpaired) electrons. The summed E-state index contributed by atoms with van der Waals surface area (Å²) in [6.45, 7) is 2.83. The van der Waals surface area contributed by atoms with Crippen molar-refractivity contribution in [1.29, 1.82) is 0 Å². The maximum Gasteiger partial charge on any atom is 0.246 e. The zero-order valence-corrected chi connectivity index (χ0v) is 23.4. The number of hydrogen-bond donors (Lipinski definition) is 1. The van der Waals surface area contributed by atoms with Crippen molar-refractivity contribution in [2.24, 2.45) is 0 Å². The summed E-state index contributed by atoms with van der Waals surface area (Å²) in [7, 11) is 0. The molecule has 1 atom stereocenters. The van der Waals surface area contributed by atoms with Crippen molar-refractivity contribution in [3.05, 3.63) is 144 Å². The van der Waals surface area contributed by atoms with Gasteiger partial charge in [-0.05, 0) is 35.1 Å². The molecule has 4 aromatic carbocycles. The second-order valence-electron chi connectivity index (χ2n) is 11.3. The predicted molar refractivity (Wildman–Crippen MR) is 162 cm³/mol. The van der Waals surface area contributed by atoms with Crippen LogP contribution in [0.2, 0.25) is 0 Å². The average Bonchev–Trinajstić information content (AvgIpc) is 3.03. The highest BCUT2D eigenvalue weighted by atomic mass is 16.2. The van der Waals surface area contributed by atoms with E-state index in [1.54, 1.807) is 0 Å². The van der Waals surface area contributed by atoms with Crippen LogP contribution in [0.1, 0.15) is 41.0 Å². The van der Waals surface area contributed by atoms with Gasteiger partial charge in [0, 0.05) is 38.5 Å². The van der Waals surface area contributed by atoms with Gasteiger partial charge < -0.3 is 10.2 Å². The number of piperazine rings is 1. The summed E-state index contributed by atoms with van der Waals surface area (Å²) in [5.41, 5.74) is 3.74. The Morgan fingerprint density at radius 2 is 1.17 bits per heavy atom. The normalized spacial score (nSPS) is 19.0. The minimum Gasteiger partial charge on any atom is -0.342 e. The summed E-state index contributed by atoms with van der Waals surface area (Å²) in [5, 5.41) is 3.17. The lowest BCUT2D eigenvalue weighted by Gasteiger charge is -2.52. The summed E-state index contributed by atoms with van der Waals surface area (Å²) in [4.78, 5) is 32.9. The summed E-state index contributed by atoms with van der Waals surface area (Å²) in [6, 6.07) is 40.6. The molecule has 2 saturated heterocycles. The molecule has 1 N–H and O–H groups in total. The van der Waals surface area contributed by atoms with Gasteiger partial charge in [0.25, 0.3) is 0 Å². The van der Waals surface area contributed by atoms with Gasteiger partial charge in [-0.2, -0.15) is 0 Å². The summed E-state index contributed by atoms with van der Waals surface area (Å²) >= 11 is 0. The lowest BCUT2D eigenvalue weighted by atomic mass is 9.79. The van der Waals surface area contributed by atoms with Crippen LogP contribution in [0.3, 0.4) is 0 Å². The third kappa shape index (κ3) is 5.82. The van der Waals surface area contributed by atoms with Crippen LogP contribution in [-0.4, -0.2) is 52.8 Å². The SMILES string of the molecule is O=C1C(Cc2ccccc2)NC(=O)C2(CCN(Cc3ccccc3)CC2)N1CC(c1ccccc1)c1ccccc1. The Morgan fingerprint density at radius 3 is 1.71 bits per heavy atom. The maximum absolute atomic E-state index is 14.4. The van der Waals surface area contributed by atoms with Crippen LogP contribution in [0.5, 0.6) is 0 Å². The fourth-order valence-electron chi connectivity index (χ4n) is 6.50. The second-order valence-corrected chi connectivity index (χ2v) is 11.3. The lowest BCUT2D eigenvalue weighted by Crippen LogP contribution is -2.73. The number of rotatable bonds is 8. The molecule has 0 bridgehead atoms. The number of hydrogen-bond acceptors (Lipinski definition) is 3. The molecular weight excluding hydrogens is 506 g/mol. The van der Waals surface area contributed by atoms with E-state index in [0.29, 0.717) is 25.8 Å². The molecule has 1 unspecified atom stereocenters. The zero-order chi connectivity index (χ0) is 28.1. The quantitative estimate of drug-likeness (QED) is 0.323. The Balaban J connectivity index is 1.32. The first-order valence-corrected chi connectivity index (χ1v) is 14.6. The van der Waals surface area contributed by atoms with Crippen molar-refractivity contribution in [3.63, 3.8) is 0 Å². The van der Waals surface area contributed by atoms with E-state index in [0.717, 1.165) is 36.3 Å².